The number of H-pyrrole nitrogens is 1. The summed E-state index contributed by atoms with van der Waals surface area (Å²) in [6.07, 6.45) is 4.51. The van der Waals surface area contributed by atoms with E-state index in [9.17, 15) is 9.59 Å². The molecule has 0 bridgehead atoms. The highest BCUT2D eigenvalue weighted by Crippen LogP contribution is 2.30. The van der Waals surface area contributed by atoms with Gasteiger partial charge in [0.2, 0.25) is 0 Å². The van der Waals surface area contributed by atoms with Crippen LogP contribution in [0.2, 0.25) is 5.02 Å². The minimum absolute atomic E-state index is 0.00213. The van der Waals surface area contributed by atoms with Gasteiger partial charge in [-0.25, -0.2) is 4.79 Å². The van der Waals surface area contributed by atoms with E-state index < -0.39 is 12.0 Å². The maximum atomic E-state index is 12.4. The molecular formula is C21H20BrClN6O3. The molecule has 1 aromatic carbocycles. The zero-order chi connectivity index (χ0) is 22.5. The SMILES string of the molecule is O=C(NC1CCN(c2ccncc2)CC1)Oc1n[nH]c(NC(=O)c2ccccc2Cl)c1Br. The molecule has 0 spiro atoms. The van der Waals surface area contributed by atoms with Crippen LogP contribution in [0.5, 0.6) is 5.88 Å². The van der Waals surface area contributed by atoms with E-state index in [-0.39, 0.29) is 17.7 Å². The van der Waals surface area contributed by atoms with Crippen LogP contribution in [0.15, 0.2) is 53.3 Å². The van der Waals surface area contributed by atoms with Crippen LogP contribution in [0.1, 0.15) is 23.2 Å². The molecule has 3 N–H and O–H groups in total. The van der Waals surface area contributed by atoms with Crippen LogP contribution in [-0.2, 0) is 0 Å². The zero-order valence-electron chi connectivity index (χ0n) is 16.8. The van der Waals surface area contributed by atoms with Crippen LogP contribution < -0.4 is 20.3 Å². The number of anilines is 2. The van der Waals surface area contributed by atoms with Gasteiger partial charge < -0.3 is 20.3 Å². The molecule has 9 nitrogen and oxygen atoms in total. The first-order valence-corrected chi connectivity index (χ1v) is 11.1. The van der Waals surface area contributed by atoms with Gasteiger partial charge in [0, 0.05) is 37.2 Å². The fourth-order valence-corrected chi connectivity index (χ4v) is 3.99. The third kappa shape index (κ3) is 5.20. The molecule has 32 heavy (non-hydrogen) atoms. The van der Waals surface area contributed by atoms with Gasteiger partial charge in [0.1, 0.15) is 10.3 Å². The lowest BCUT2D eigenvalue weighted by Gasteiger charge is -2.33. The second-order valence-corrected chi connectivity index (χ2v) is 8.35. The number of hydrogen-bond acceptors (Lipinski definition) is 6. The van der Waals surface area contributed by atoms with Gasteiger partial charge >= 0.3 is 6.09 Å². The fraction of sp³-hybridized carbons (Fsp3) is 0.238. The molecule has 3 aromatic rings. The van der Waals surface area contributed by atoms with Crippen molar-refractivity contribution < 1.29 is 14.3 Å². The van der Waals surface area contributed by atoms with Crippen molar-refractivity contribution in [2.24, 2.45) is 0 Å². The predicted molar refractivity (Wildman–Crippen MR) is 124 cm³/mol. The van der Waals surface area contributed by atoms with Gasteiger partial charge in [0.15, 0.2) is 0 Å². The predicted octanol–water partition coefficient (Wildman–Crippen LogP) is 4.23. The summed E-state index contributed by atoms with van der Waals surface area (Å²) in [5, 5.41) is 12.4. The molecule has 0 radical (unpaired) electrons. The topological polar surface area (TPSA) is 112 Å². The molecule has 0 atom stereocenters. The highest BCUT2D eigenvalue weighted by Gasteiger charge is 2.23. The van der Waals surface area contributed by atoms with Gasteiger partial charge in [-0.2, -0.15) is 0 Å². The Labute approximate surface area is 197 Å². The second kappa shape index (κ2) is 10.0. The van der Waals surface area contributed by atoms with E-state index in [1.807, 2.05) is 12.1 Å². The number of piperidine rings is 1. The molecular weight excluding hydrogens is 500 g/mol. The standard InChI is InChI=1S/C21H20BrClN6O3/c22-17-18(26-19(30)15-3-1-2-4-16(15)23)27-28-20(17)32-21(31)25-13-7-11-29(12-8-13)14-5-9-24-10-6-14/h1-6,9-10,13H,7-8,11-12H2,(H,25,31)(H2,26,27,28,30). The molecule has 0 saturated carbocycles. The number of pyridine rings is 1. The Hall–Kier alpha value is -3.11. The summed E-state index contributed by atoms with van der Waals surface area (Å²) in [6, 6.07) is 10.6. The Morgan fingerprint density at radius 3 is 2.59 bits per heavy atom. The van der Waals surface area contributed by atoms with Gasteiger partial charge in [-0.05, 0) is 53.0 Å². The number of aromatic amines is 1. The fourth-order valence-electron chi connectivity index (χ4n) is 3.41. The molecule has 1 saturated heterocycles. The largest absolute Gasteiger partial charge is 0.414 e. The summed E-state index contributed by atoms with van der Waals surface area (Å²) < 4.78 is 5.63. The van der Waals surface area contributed by atoms with Crippen LogP contribution in [0.25, 0.3) is 0 Å². The van der Waals surface area contributed by atoms with Crippen molar-refractivity contribution in [3.63, 3.8) is 0 Å². The van der Waals surface area contributed by atoms with Gasteiger partial charge in [-0.3, -0.25) is 14.9 Å². The summed E-state index contributed by atoms with van der Waals surface area (Å²) in [4.78, 5) is 31.1. The number of ether oxygens (including phenoxy) is 1. The normalized spacial score (nSPS) is 14.1. The number of nitrogens with one attached hydrogen (secondary N) is 3. The van der Waals surface area contributed by atoms with Gasteiger partial charge in [0.05, 0.1) is 10.6 Å². The number of halogens is 2. The van der Waals surface area contributed by atoms with Gasteiger partial charge in [-0.1, -0.05) is 23.7 Å². The molecule has 3 heterocycles. The molecule has 1 aliphatic rings. The van der Waals surface area contributed by atoms with Crippen LogP contribution in [0.3, 0.4) is 0 Å². The quantitative estimate of drug-likeness (QED) is 0.465. The van der Waals surface area contributed by atoms with Gasteiger partial charge in [0.25, 0.3) is 11.8 Å². The highest BCUT2D eigenvalue weighted by atomic mass is 79.9. The first-order chi connectivity index (χ1) is 15.5. The number of amides is 2. The third-order valence-corrected chi connectivity index (χ3v) is 6.13. The van der Waals surface area contributed by atoms with Crippen molar-refractivity contribution >= 4 is 51.0 Å². The molecule has 2 aromatic heterocycles. The maximum absolute atomic E-state index is 12.4. The van der Waals surface area contributed by atoms with Crippen molar-refractivity contribution in [2.45, 2.75) is 18.9 Å². The number of carbonyl (C=O) groups excluding carboxylic acids is 2. The summed E-state index contributed by atoms with van der Waals surface area (Å²) in [5.41, 5.74) is 1.43. The zero-order valence-corrected chi connectivity index (χ0v) is 19.2. The Kier molecular flexibility index (Phi) is 6.91. The van der Waals surface area contributed by atoms with Gasteiger partial charge in [-0.15, -0.1) is 5.10 Å². The first-order valence-electron chi connectivity index (χ1n) is 9.94. The summed E-state index contributed by atoms with van der Waals surface area (Å²) >= 11 is 9.35. The van der Waals surface area contributed by atoms with Crippen molar-refractivity contribution in [1.29, 1.82) is 0 Å². The van der Waals surface area contributed by atoms with Crippen LogP contribution in [0.4, 0.5) is 16.3 Å². The molecule has 0 unspecified atom stereocenters. The van der Waals surface area contributed by atoms with E-state index in [4.69, 9.17) is 16.3 Å². The lowest BCUT2D eigenvalue weighted by atomic mass is 10.0. The van der Waals surface area contributed by atoms with E-state index in [1.165, 1.54) is 0 Å². The monoisotopic (exact) mass is 518 g/mol. The minimum atomic E-state index is -0.608. The van der Waals surface area contributed by atoms with Crippen LogP contribution >= 0.6 is 27.5 Å². The Bertz CT molecular complexity index is 1100. The van der Waals surface area contributed by atoms with Crippen LogP contribution in [-0.4, -0.2) is 46.3 Å². The Balaban J connectivity index is 1.29. The number of hydrogen-bond donors (Lipinski definition) is 3. The number of rotatable bonds is 5. The average molecular weight is 520 g/mol. The Morgan fingerprint density at radius 2 is 1.88 bits per heavy atom. The maximum Gasteiger partial charge on any atom is 0.414 e. The van der Waals surface area contributed by atoms with Crippen molar-refractivity contribution in [3.05, 3.63) is 63.9 Å². The highest BCUT2D eigenvalue weighted by molar-refractivity contribution is 9.10. The number of benzene rings is 1. The van der Waals surface area contributed by atoms with Crippen LogP contribution in [0, 0.1) is 0 Å². The molecule has 11 heteroatoms. The molecule has 0 aliphatic carbocycles. The average Bonchev–Trinajstić information content (AvgIpc) is 3.14. The number of nitrogens with zero attached hydrogens (tertiary/aromatic N) is 3. The first kappa shape index (κ1) is 22.1. The minimum Gasteiger partial charge on any atom is -0.388 e. The number of carbonyl (C=O) groups is 2. The van der Waals surface area contributed by atoms with E-state index in [1.54, 1.807) is 36.7 Å². The molecule has 4 rings (SSSR count). The second-order valence-electron chi connectivity index (χ2n) is 7.15. The third-order valence-electron chi connectivity index (χ3n) is 5.07. The Morgan fingerprint density at radius 1 is 1.16 bits per heavy atom. The summed E-state index contributed by atoms with van der Waals surface area (Å²) in [5.74, 6) is -0.147. The summed E-state index contributed by atoms with van der Waals surface area (Å²) in [6.45, 7) is 1.64. The number of aromatic nitrogens is 3. The lowest BCUT2D eigenvalue weighted by Crippen LogP contribution is -2.45. The summed E-state index contributed by atoms with van der Waals surface area (Å²) in [7, 11) is 0. The molecule has 166 valence electrons. The van der Waals surface area contributed by atoms with E-state index >= 15 is 0 Å². The molecule has 2 amide bonds. The smallest absolute Gasteiger partial charge is 0.388 e. The van der Waals surface area contributed by atoms with E-state index in [0.29, 0.717) is 15.1 Å². The van der Waals surface area contributed by atoms with E-state index in [2.05, 4.69) is 46.6 Å². The lowest BCUT2D eigenvalue weighted by molar-refractivity contribution is 0.102. The van der Waals surface area contributed by atoms with E-state index in [0.717, 1.165) is 31.6 Å². The molecule has 1 fully saturated rings. The van der Waals surface area contributed by atoms with Crippen molar-refractivity contribution in [1.82, 2.24) is 20.5 Å². The van der Waals surface area contributed by atoms with Crippen molar-refractivity contribution in [2.75, 3.05) is 23.3 Å². The molecule has 1 aliphatic heterocycles. The van der Waals surface area contributed by atoms with Crippen molar-refractivity contribution in [3.8, 4) is 5.88 Å².